The molecule has 2 aliphatic heterocycles. The van der Waals surface area contributed by atoms with E-state index in [1.807, 2.05) is 30.0 Å². The van der Waals surface area contributed by atoms with Crippen LogP contribution in [0.3, 0.4) is 0 Å². The topological polar surface area (TPSA) is 57.7 Å². The van der Waals surface area contributed by atoms with Crippen molar-refractivity contribution in [1.29, 1.82) is 0 Å². The van der Waals surface area contributed by atoms with Gasteiger partial charge in [0.05, 0.1) is 10.6 Å². The quantitative estimate of drug-likeness (QED) is 0.492. The number of nitrogens with zero attached hydrogens (tertiary/aromatic N) is 2. The van der Waals surface area contributed by atoms with Gasteiger partial charge in [-0.1, -0.05) is 33.6 Å². The number of hydrogen-bond donors (Lipinski definition) is 0. The lowest BCUT2D eigenvalue weighted by Gasteiger charge is -2.23. The zero-order valence-corrected chi connectivity index (χ0v) is 20.3. The molecule has 5 rings (SSSR count). The maximum Gasteiger partial charge on any atom is 0.264 e. The number of carbonyl (C=O) groups is 1. The van der Waals surface area contributed by atoms with Crippen LogP contribution in [0.15, 0.2) is 70.0 Å². The summed E-state index contributed by atoms with van der Waals surface area (Å²) in [5, 5.41) is 0. The highest BCUT2D eigenvalue weighted by atomic mass is 79.9. The van der Waals surface area contributed by atoms with E-state index in [0.717, 1.165) is 33.3 Å². The van der Waals surface area contributed by atoms with Crippen LogP contribution in [0, 0.1) is 6.92 Å². The third-order valence-corrected chi connectivity index (χ3v) is 8.59. The molecule has 1 atom stereocenters. The molecular formula is C25H23BrN2O3S. The van der Waals surface area contributed by atoms with Crippen molar-refractivity contribution in [2.24, 2.45) is 0 Å². The first-order valence-electron chi connectivity index (χ1n) is 10.6. The van der Waals surface area contributed by atoms with Gasteiger partial charge in [-0.3, -0.25) is 9.10 Å². The zero-order chi connectivity index (χ0) is 22.6. The van der Waals surface area contributed by atoms with E-state index >= 15 is 0 Å². The van der Waals surface area contributed by atoms with Crippen LogP contribution in [0.4, 0.5) is 11.4 Å². The Kier molecular flexibility index (Phi) is 5.13. The van der Waals surface area contributed by atoms with Crippen LogP contribution in [0.2, 0.25) is 0 Å². The van der Waals surface area contributed by atoms with Gasteiger partial charge in [0.1, 0.15) is 0 Å². The first-order valence-corrected chi connectivity index (χ1v) is 12.8. The van der Waals surface area contributed by atoms with Crippen LogP contribution >= 0.6 is 15.9 Å². The Morgan fingerprint density at radius 1 is 0.969 bits per heavy atom. The second-order valence-corrected chi connectivity index (χ2v) is 11.3. The summed E-state index contributed by atoms with van der Waals surface area (Å²) in [5.74, 6) is -0.0544. The standard InChI is InChI=1S/C25H23BrN2O3S/c1-16-3-7-22(8-4-16)32(30,31)27-12-11-18-14-19(5-9-23(18)27)25(29)28-17(2)13-20-15-21(26)6-10-24(20)28/h3-10,14-15,17H,11-13H2,1-2H3/t17-/m0/s1. The Labute approximate surface area is 196 Å². The molecule has 164 valence electrons. The molecule has 0 aliphatic carbocycles. The number of benzene rings is 3. The van der Waals surface area contributed by atoms with Crippen molar-refractivity contribution in [2.45, 2.75) is 37.6 Å². The summed E-state index contributed by atoms with van der Waals surface area (Å²) in [6, 6.07) is 18.3. The summed E-state index contributed by atoms with van der Waals surface area (Å²) in [6.45, 7) is 4.35. The second-order valence-electron chi connectivity index (χ2n) is 8.49. The lowest BCUT2D eigenvalue weighted by molar-refractivity contribution is 0.0981. The van der Waals surface area contributed by atoms with Crippen molar-refractivity contribution < 1.29 is 13.2 Å². The molecule has 0 unspecified atom stereocenters. The highest BCUT2D eigenvalue weighted by Crippen LogP contribution is 2.37. The molecule has 3 aromatic carbocycles. The van der Waals surface area contributed by atoms with E-state index in [9.17, 15) is 13.2 Å². The maximum absolute atomic E-state index is 13.4. The number of halogens is 1. The van der Waals surface area contributed by atoms with E-state index in [4.69, 9.17) is 0 Å². The Bertz CT molecular complexity index is 1340. The molecular weight excluding hydrogens is 488 g/mol. The fourth-order valence-electron chi connectivity index (χ4n) is 4.64. The van der Waals surface area contributed by atoms with E-state index in [1.54, 1.807) is 36.4 Å². The molecule has 32 heavy (non-hydrogen) atoms. The van der Waals surface area contributed by atoms with Crippen LogP contribution in [0.1, 0.15) is 34.0 Å². The third kappa shape index (κ3) is 3.44. The Morgan fingerprint density at radius 3 is 2.44 bits per heavy atom. The van der Waals surface area contributed by atoms with Crippen molar-refractivity contribution >= 4 is 43.2 Å². The zero-order valence-electron chi connectivity index (χ0n) is 17.9. The van der Waals surface area contributed by atoms with Gasteiger partial charge in [-0.15, -0.1) is 0 Å². The van der Waals surface area contributed by atoms with E-state index < -0.39 is 10.0 Å². The lowest BCUT2D eigenvalue weighted by atomic mass is 10.1. The van der Waals surface area contributed by atoms with Crippen molar-refractivity contribution in [1.82, 2.24) is 0 Å². The van der Waals surface area contributed by atoms with Gasteiger partial charge in [-0.25, -0.2) is 8.42 Å². The molecule has 0 bridgehead atoms. The minimum Gasteiger partial charge on any atom is -0.305 e. The number of rotatable bonds is 3. The van der Waals surface area contributed by atoms with Gasteiger partial charge in [-0.05, 0) is 86.3 Å². The lowest BCUT2D eigenvalue weighted by Crippen LogP contribution is -2.35. The Hall–Kier alpha value is -2.64. The summed E-state index contributed by atoms with van der Waals surface area (Å²) < 4.78 is 28.8. The Morgan fingerprint density at radius 2 is 1.69 bits per heavy atom. The van der Waals surface area contributed by atoms with Crippen molar-refractivity contribution in [3.63, 3.8) is 0 Å². The summed E-state index contributed by atoms with van der Waals surface area (Å²) in [4.78, 5) is 15.5. The molecule has 0 N–H and O–H groups in total. The summed E-state index contributed by atoms with van der Waals surface area (Å²) in [5.41, 5.74) is 5.22. The average Bonchev–Trinajstić information content (AvgIpc) is 3.33. The molecule has 0 aromatic heterocycles. The number of carbonyl (C=O) groups excluding carboxylic acids is 1. The van der Waals surface area contributed by atoms with Gasteiger partial charge in [0.2, 0.25) is 0 Å². The molecule has 0 radical (unpaired) electrons. The van der Waals surface area contributed by atoms with Gasteiger partial charge < -0.3 is 4.90 Å². The molecule has 0 fully saturated rings. The average molecular weight is 511 g/mol. The fraction of sp³-hybridized carbons (Fsp3) is 0.240. The predicted molar refractivity (Wildman–Crippen MR) is 130 cm³/mol. The molecule has 2 heterocycles. The van der Waals surface area contributed by atoms with Gasteiger partial charge in [0.15, 0.2) is 0 Å². The number of amides is 1. The third-order valence-electron chi connectivity index (χ3n) is 6.26. The van der Waals surface area contributed by atoms with Crippen LogP contribution in [-0.4, -0.2) is 26.9 Å². The normalized spacial score (nSPS) is 17.4. The highest BCUT2D eigenvalue weighted by Gasteiger charge is 2.34. The highest BCUT2D eigenvalue weighted by molar-refractivity contribution is 9.10. The molecule has 1 amide bonds. The molecule has 0 saturated carbocycles. The largest absolute Gasteiger partial charge is 0.305 e. The number of sulfonamides is 1. The molecule has 0 saturated heterocycles. The number of aryl methyl sites for hydroxylation is 1. The number of anilines is 2. The van der Waals surface area contributed by atoms with Gasteiger partial charge in [-0.2, -0.15) is 0 Å². The van der Waals surface area contributed by atoms with Gasteiger partial charge in [0.25, 0.3) is 15.9 Å². The first kappa shape index (κ1) is 21.2. The second kappa shape index (κ2) is 7.74. The summed E-state index contributed by atoms with van der Waals surface area (Å²) in [7, 11) is -3.64. The monoisotopic (exact) mass is 510 g/mol. The first-order chi connectivity index (χ1) is 15.3. The number of hydrogen-bond acceptors (Lipinski definition) is 3. The molecule has 7 heteroatoms. The minimum absolute atomic E-state index is 0.0544. The molecule has 0 spiro atoms. The molecule has 2 aliphatic rings. The van der Waals surface area contributed by atoms with E-state index in [1.165, 1.54) is 4.31 Å². The Balaban J connectivity index is 1.46. The van der Waals surface area contributed by atoms with E-state index in [0.29, 0.717) is 24.2 Å². The van der Waals surface area contributed by atoms with E-state index in [-0.39, 0.29) is 16.8 Å². The summed E-state index contributed by atoms with van der Waals surface area (Å²) in [6.07, 6.45) is 1.40. The van der Waals surface area contributed by atoms with Crippen molar-refractivity contribution in [2.75, 3.05) is 15.7 Å². The van der Waals surface area contributed by atoms with Crippen LogP contribution in [-0.2, 0) is 22.9 Å². The van der Waals surface area contributed by atoms with Crippen molar-refractivity contribution in [3.8, 4) is 0 Å². The SMILES string of the molecule is Cc1ccc(S(=O)(=O)N2CCc3cc(C(=O)N4c5ccc(Br)cc5C[C@@H]4C)ccc32)cc1. The van der Waals surface area contributed by atoms with Crippen molar-refractivity contribution in [3.05, 3.63) is 87.4 Å². The number of fused-ring (bicyclic) bond motifs is 2. The van der Waals surface area contributed by atoms with Gasteiger partial charge in [0, 0.05) is 28.3 Å². The van der Waals surface area contributed by atoms with Crippen LogP contribution < -0.4 is 9.21 Å². The smallest absolute Gasteiger partial charge is 0.264 e. The summed E-state index contributed by atoms with van der Waals surface area (Å²) >= 11 is 3.51. The van der Waals surface area contributed by atoms with E-state index in [2.05, 4.69) is 28.9 Å². The predicted octanol–water partition coefficient (Wildman–Crippen LogP) is 5.10. The van der Waals surface area contributed by atoms with Crippen LogP contribution in [0.25, 0.3) is 0 Å². The van der Waals surface area contributed by atoms with Crippen LogP contribution in [0.5, 0.6) is 0 Å². The van der Waals surface area contributed by atoms with Gasteiger partial charge >= 0.3 is 0 Å². The minimum atomic E-state index is -3.64. The molecule has 5 nitrogen and oxygen atoms in total. The molecule has 3 aromatic rings. The maximum atomic E-state index is 13.4. The fourth-order valence-corrected chi connectivity index (χ4v) is 6.55.